The first-order chi connectivity index (χ1) is 8.63. The number of ether oxygens (including phenoxy) is 3. The Kier molecular flexibility index (Phi) is 6.43. The molecule has 5 heteroatoms. The highest BCUT2D eigenvalue weighted by molar-refractivity contribution is 6.31. The van der Waals surface area contributed by atoms with Crippen molar-refractivity contribution in [3.05, 3.63) is 28.8 Å². The Morgan fingerprint density at radius 2 is 1.89 bits per heavy atom. The summed E-state index contributed by atoms with van der Waals surface area (Å²) in [6.45, 7) is 2.58. The number of rotatable bonds is 7. The Hall–Kier alpha value is -0.810. The van der Waals surface area contributed by atoms with Gasteiger partial charge in [-0.25, -0.2) is 0 Å². The van der Waals surface area contributed by atoms with Gasteiger partial charge in [0.1, 0.15) is 5.75 Å². The van der Waals surface area contributed by atoms with Gasteiger partial charge in [-0.3, -0.25) is 0 Å². The Bertz CT molecular complexity index is 369. The summed E-state index contributed by atoms with van der Waals surface area (Å²) in [5.74, 6) is 0.772. The third-order valence-corrected chi connectivity index (χ3v) is 3.12. The normalized spacial score (nSPS) is 12.8. The van der Waals surface area contributed by atoms with E-state index in [0.29, 0.717) is 11.6 Å². The molecule has 0 fully saturated rings. The predicted molar refractivity (Wildman–Crippen MR) is 72.1 cm³/mol. The van der Waals surface area contributed by atoms with Crippen LogP contribution in [0.1, 0.15) is 12.5 Å². The molecule has 1 aromatic carbocycles. The number of methoxy groups -OCH3 is 3. The third-order valence-electron chi connectivity index (χ3n) is 2.77. The minimum Gasteiger partial charge on any atom is -0.496 e. The number of halogens is 1. The average Bonchev–Trinajstić information content (AvgIpc) is 2.38. The minimum atomic E-state index is -0.293. The molecule has 0 amide bonds. The van der Waals surface area contributed by atoms with Crippen LogP contribution in [0, 0.1) is 0 Å². The van der Waals surface area contributed by atoms with E-state index in [-0.39, 0.29) is 12.3 Å². The maximum atomic E-state index is 6.16. The van der Waals surface area contributed by atoms with E-state index in [9.17, 15) is 0 Å². The smallest absolute Gasteiger partial charge is 0.171 e. The molecule has 1 unspecified atom stereocenters. The van der Waals surface area contributed by atoms with Gasteiger partial charge in [0.05, 0.1) is 13.2 Å². The second-order valence-corrected chi connectivity index (χ2v) is 4.34. The van der Waals surface area contributed by atoms with Crippen LogP contribution in [0.3, 0.4) is 0 Å². The van der Waals surface area contributed by atoms with Crippen molar-refractivity contribution in [2.75, 3.05) is 21.3 Å². The topological polar surface area (TPSA) is 39.7 Å². The zero-order chi connectivity index (χ0) is 13.5. The minimum absolute atomic E-state index is 0.0426. The fourth-order valence-electron chi connectivity index (χ4n) is 1.77. The molecule has 0 saturated heterocycles. The molecule has 0 saturated carbocycles. The second-order valence-electron chi connectivity index (χ2n) is 3.93. The molecule has 18 heavy (non-hydrogen) atoms. The zero-order valence-corrected chi connectivity index (χ0v) is 12.0. The van der Waals surface area contributed by atoms with Crippen LogP contribution in [-0.4, -0.2) is 33.7 Å². The lowest BCUT2D eigenvalue weighted by molar-refractivity contribution is -0.119. The summed E-state index contributed by atoms with van der Waals surface area (Å²) in [4.78, 5) is 0. The van der Waals surface area contributed by atoms with Crippen LogP contribution >= 0.6 is 11.6 Å². The molecule has 0 heterocycles. The molecule has 4 nitrogen and oxygen atoms in total. The molecule has 1 aromatic rings. The third kappa shape index (κ3) is 3.85. The molecule has 1 N–H and O–H groups in total. The van der Waals surface area contributed by atoms with Crippen LogP contribution in [0.5, 0.6) is 5.75 Å². The van der Waals surface area contributed by atoms with Gasteiger partial charge in [0.2, 0.25) is 0 Å². The van der Waals surface area contributed by atoms with Crippen molar-refractivity contribution in [3.8, 4) is 5.75 Å². The summed E-state index contributed by atoms with van der Waals surface area (Å²) in [6.07, 6.45) is -0.293. The Balaban J connectivity index is 2.68. The number of hydrogen-bond donors (Lipinski definition) is 1. The number of benzene rings is 1. The SMILES string of the molecule is COc1cccc(Cl)c1CNC(C)C(OC)OC. The van der Waals surface area contributed by atoms with Gasteiger partial charge in [-0.15, -0.1) is 0 Å². The number of nitrogens with one attached hydrogen (secondary N) is 1. The molecule has 0 aliphatic heterocycles. The molecule has 1 rings (SSSR count). The van der Waals surface area contributed by atoms with Crippen molar-refractivity contribution in [1.82, 2.24) is 5.32 Å². The average molecular weight is 274 g/mol. The van der Waals surface area contributed by atoms with Gasteiger partial charge in [-0.1, -0.05) is 17.7 Å². The summed E-state index contributed by atoms with van der Waals surface area (Å²) in [5, 5.41) is 3.98. The highest BCUT2D eigenvalue weighted by Gasteiger charge is 2.16. The predicted octanol–water partition coefficient (Wildman–Crippen LogP) is 2.45. The van der Waals surface area contributed by atoms with E-state index in [4.69, 9.17) is 25.8 Å². The standard InChI is InChI=1S/C13H20ClNO3/c1-9(13(17-3)18-4)15-8-10-11(14)6-5-7-12(10)16-2/h5-7,9,13,15H,8H2,1-4H3. The summed E-state index contributed by atoms with van der Waals surface area (Å²) in [6, 6.07) is 5.63. The lowest BCUT2D eigenvalue weighted by atomic mass is 10.2. The van der Waals surface area contributed by atoms with Gasteiger partial charge < -0.3 is 19.5 Å². The highest BCUT2D eigenvalue weighted by Crippen LogP contribution is 2.26. The molecule has 0 bridgehead atoms. The van der Waals surface area contributed by atoms with E-state index in [1.807, 2.05) is 25.1 Å². The summed E-state index contributed by atoms with van der Waals surface area (Å²) in [7, 11) is 4.86. The molecular formula is C13H20ClNO3. The fraction of sp³-hybridized carbons (Fsp3) is 0.538. The molecular weight excluding hydrogens is 254 g/mol. The first-order valence-corrected chi connectivity index (χ1v) is 6.12. The molecule has 1 atom stereocenters. The van der Waals surface area contributed by atoms with Crippen LogP contribution in [0.4, 0.5) is 0 Å². The maximum absolute atomic E-state index is 6.16. The second kappa shape index (κ2) is 7.59. The van der Waals surface area contributed by atoms with Crippen LogP contribution < -0.4 is 10.1 Å². The molecule has 0 aliphatic carbocycles. The lowest BCUT2D eigenvalue weighted by Gasteiger charge is -2.23. The van der Waals surface area contributed by atoms with Gasteiger partial charge in [0, 0.05) is 31.4 Å². The zero-order valence-electron chi connectivity index (χ0n) is 11.2. The molecule has 0 aliphatic rings. The van der Waals surface area contributed by atoms with E-state index in [2.05, 4.69) is 5.32 Å². The number of hydrogen-bond acceptors (Lipinski definition) is 4. The van der Waals surface area contributed by atoms with E-state index in [0.717, 1.165) is 11.3 Å². The first kappa shape index (κ1) is 15.2. The van der Waals surface area contributed by atoms with E-state index < -0.39 is 0 Å². The van der Waals surface area contributed by atoms with Crippen molar-refractivity contribution in [2.24, 2.45) is 0 Å². The summed E-state index contributed by atoms with van der Waals surface area (Å²) >= 11 is 6.16. The maximum Gasteiger partial charge on any atom is 0.171 e. The quantitative estimate of drug-likeness (QED) is 0.775. The first-order valence-electron chi connectivity index (χ1n) is 5.74. The largest absolute Gasteiger partial charge is 0.496 e. The lowest BCUT2D eigenvalue weighted by Crippen LogP contribution is -2.39. The Labute approximate surface area is 113 Å². The molecule has 102 valence electrons. The van der Waals surface area contributed by atoms with Crippen molar-refractivity contribution in [1.29, 1.82) is 0 Å². The molecule has 0 spiro atoms. The van der Waals surface area contributed by atoms with Gasteiger partial charge in [-0.05, 0) is 19.1 Å². The van der Waals surface area contributed by atoms with Crippen molar-refractivity contribution < 1.29 is 14.2 Å². The summed E-state index contributed by atoms with van der Waals surface area (Å²) in [5.41, 5.74) is 0.930. The van der Waals surface area contributed by atoms with E-state index in [1.54, 1.807) is 21.3 Å². The van der Waals surface area contributed by atoms with Crippen molar-refractivity contribution >= 4 is 11.6 Å². The van der Waals surface area contributed by atoms with Gasteiger partial charge in [-0.2, -0.15) is 0 Å². The fourth-order valence-corrected chi connectivity index (χ4v) is 2.00. The summed E-state index contributed by atoms with van der Waals surface area (Å²) < 4.78 is 15.7. The van der Waals surface area contributed by atoms with Gasteiger partial charge in [0.15, 0.2) is 6.29 Å². The molecule has 0 aromatic heterocycles. The monoisotopic (exact) mass is 273 g/mol. The van der Waals surface area contributed by atoms with E-state index >= 15 is 0 Å². The van der Waals surface area contributed by atoms with Crippen LogP contribution in [-0.2, 0) is 16.0 Å². The Morgan fingerprint density at radius 3 is 2.44 bits per heavy atom. The van der Waals surface area contributed by atoms with Gasteiger partial charge in [0.25, 0.3) is 0 Å². The molecule has 0 radical (unpaired) electrons. The van der Waals surface area contributed by atoms with Crippen LogP contribution in [0.25, 0.3) is 0 Å². The van der Waals surface area contributed by atoms with E-state index in [1.165, 1.54) is 0 Å². The van der Waals surface area contributed by atoms with Crippen LogP contribution in [0.15, 0.2) is 18.2 Å². The van der Waals surface area contributed by atoms with Gasteiger partial charge >= 0.3 is 0 Å². The Morgan fingerprint density at radius 1 is 1.22 bits per heavy atom. The van der Waals surface area contributed by atoms with Crippen LogP contribution in [0.2, 0.25) is 5.02 Å². The van der Waals surface area contributed by atoms with Crippen molar-refractivity contribution in [2.45, 2.75) is 25.8 Å². The van der Waals surface area contributed by atoms with Crippen molar-refractivity contribution in [3.63, 3.8) is 0 Å². The highest BCUT2D eigenvalue weighted by atomic mass is 35.5.